The molecule has 3 nitrogen and oxygen atoms in total. The average Bonchev–Trinajstić information content (AvgIpc) is 2.99. The molecule has 4 heteroatoms. The Labute approximate surface area is 102 Å². The van der Waals surface area contributed by atoms with Crippen molar-refractivity contribution < 1.29 is 0 Å². The zero-order chi connectivity index (χ0) is 11.5. The van der Waals surface area contributed by atoms with E-state index < -0.39 is 0 Å². The molecule has 0 bridgehead atoms. The van der Waals surface area contributed by atoms with Gasteiger partial charge in [0.2, 0.25) is 0 Å². The van der Waals surface area contributed by atoms with Crippen LogP contribution in [0, 0.1) is 5.92 Å². The van der Waals surface area contributed by atoms with Gasteiger partial charge in [0.05, 0.1) is 0 Å². The maximum absolute atomic E-state index is 5.97. The van der Waals surface area contributed by atoms with E-state index in [0.717, 1.165) is 24.6 Å². The Morgan fingerprint density at radius 1 is 1.44 bits per heavy atom. The third kappa shape index (κ3) is 3.34. The number of rotatable bonds is 5. The molecule has 1 heterocycles. The van der Waals surface area contributed by atoms with Gasteiger partial charge in [-0.25, -0.2) is 9.97 Å². The summed E-state index contributed by atoms with van der Waals surface area (Å²) < 4.78 is 0. The molecule has 0 saturated heterocycles. The molecule has 0 amide bonds. The van der Waals surface area contributed by atoms with Gasteiger partial charge in [-0.05, 0) is 25.2 Å². The standard InChI is InChI=1S/C12H18ClN3/c1-8(2)5-6-14-11-7-10(13)15-12(16-11)9-3-4-9/h7-9H,3-6H2,1-2H3,(H,14,15,16). The van der Waals surface area contributed by atoms with E-state index in [4.69, 9.17) is 11.6 Å². The van der Waals surface area contributed by atoms with Crippen LogP contribution >= 0.6 is 11.6 Å². The summed E-state index contributed by atoms with van der Waals surface area (Å²) in [6, 6.07) is 1.80. The highest BCUT2D eigenvalue weighted by Gasteiger charge is 2.27. The summed E-state index contributed by atoms with van der Waals surface area (Å²) >= 11 is 5.97. The molecule has 1 aliphatic rings. The van der Waals surface area contributed by atoms with E-state index in [1.165, 1.54) is 12.8 Å². The predicted octanol–water partition coefficient (Wildman–Crippen LogP) is 3.47. The van der Waals surface area contributed by atoms with Crippen LogP contribution in [0.25, 0.3) is 0 Å². The number of anilines is 1. The highest BCUT2D eigenvalue weighted by atomic mass is 35.5. The number of nitrogens with zero attached hydrogens (tertiary/aromatic N) is 2. The lowest BCUT2D eigenvalue weighted by atomic mass is 10.1. The van der Waals surface area contributed by atoms with Crippen molar-refractivity contribution in [2.24, 2.45) is 5.92 Å². The minimum absolute atomic E-state index is 0.545. The second kappa shape index (κ2) is 5.00. The van der Waals surface area contributed by atoms with Crippen molar-refractivity contribution in [1.29, 1.82) is 0 Å². The monoisotopic (exact) mass is 239 g/mol. The summed E-state index contributed by atoms with van der Waals surface area (Å²) in [6.45, 7) is 5.36. The van der Waals surface area contributed by atoms with Crippen LogP contribution in [0.1, 0.15) is 44.9 Å². The Morgan fingerprint density at radius 3 is 2.81 bits per heavy atom. The maximum Gasteiger partial charge on any atom is 0.135 e. The Kier molecular flexibility index (Phi) is 3.64. The molecule has 1 aliphatic carbocycles. The predicted molar refractivity (Wildman–Crippen MR) is 67.0 cm³/mol. The van der Waals surface area contributed by atoms with Gasteiger partial charge in [0.25, 0.3) is 0 Å². The first kappa shape index (κ1) is 11.6. The summed E-state index contributed by atoms with van der Waals surface area (Å²) in [5.41, 5.74) is 0. The molecule has 0 spiro atoms. The molecule has 16 heavy (non-hydrogen) atoms. The normalized spacial score (nSPS) is 15.5. The van der Waals surface area contributed by atoms with E-state index in [1.54, 1.807) is 6.07 Å². The molecule has 0 atom stereocenters. The zero-order valence-electron chi connectivity index (χ0n) is 9.83. The van der Waals surface area contributed by atoms with E-state index in [2.05, 4.69) is 29.1 Å². The molecule has 0 unspecified atom stereocenters. The quantitative estimate of drug-likeness (QED) is 0.800. The van der Waals surface area contributed by atoms with Crippen LogP contribution in [0.2, 0.25) is 5.15 Å². The molecule has 0 aromatic carbocycles. The first-order valence-corrected chi connectivity index (χ1v) is 6.31. The van der Waals surface area contributed by atoms with Crippen LogP contribution in [0.3, 0.4) is 0 Å². The topological polar surface area (TPSA) is 37.8 Å². The van der Waals surface area contributed by atoms with Gasteiger partial charge < -0.3 is 5.32 Å². The molecule has 1 saturated carbocycles. The van der Waals surface area contributed by atoms with E-state index in [0.29, 0.717) is 17.0 Å². The molecule has 1 aromatic rings. The van der Waals surface area contributed by atoms with E-state index in [1.807, 2.05) is 0 Å². The SMILES string of the molecule is CC(C)CCNc1cc(Cl)nc(C2CC2)n1. The molecule has 88 valence electrons. The smallest absolute Gasteiger partial charge is 0.135 e. The Morgan fingerprint density at radius 2 is 2.19 bits per heavy atom. The van der Waals surface area contributed by atoms with Crippen LogP contribution in [0.15, 0.2) is 6.07 Å². The van der Waals surface area contributed by atoms with Gasteiger partial charge in [-0.15, -0.1) is 0 Å². The van der Waals surface area contributed by atoms with Crippen LogP contribution < -0.4 is 5.32 Å². The second-order valence-corrected chi connectivity index (χ2v) is 5.20. The van der Waals surface area contributed by atoms with Crippen molar-refractivity contribution in [2.45, 2.75) is 39.0 Å². The van der Waals surface area contributed by atoms with Crippen LogP contribution in [0.5, 0.6) is 0 Å². The highest BCUT2D eigenvalue weighted by Crippen LogP contribution is 2.38. The molecular formula is C12H18ClN3. The minimum Gasteiger partial charge on any atom is -0.370 e. The Hall–Kier alpha value is -0.830. The fraction of sp³-hybridized carbons (Fsp3) is 0.667. The second-order valence-electron chi connectivity index (χ2n) is 4.82. The lowest BCUT2D eigenvalue weighted by Crippen LogP contribution is -2.07. The molecular weight excluding hydrogens is 222 g/mol. The molecule has 1 fully saturated rings. The summed E-state index contributed by atoms with van der Waals surface area (Å²) in [6.07, 6.45) is 3.54. The van der Waals surface area contributed by atoms with Gasteiger partial charge in [-0.3, -0.25) is 0 Å². The summed E-state index contributed by atoms with van der Waals surface area (Å²) in [5.74, 6) is 3.01. The van der Waals surface area contributed by atoms with Crippen molar-refractivity contribution in [2.75, 3.05) is 11.9 Å². The number of hydrogen-bond donors (Lipinski definition) is 1. The van der Waals surface area contributed by atoms with E-state index >= 15 is 0 Å². The largest absolute Gasteiger partial charge is 0.370 e. The average molecular weight is 240 g/mol. The lowest BCUT2D eigenvalue weighted by Gasteiger charge is -2.08. The van der Waals surface area contributed by atoms with Crippen LogP contribution in [-0.2, 0) is 0 Å². The van der Waals surface area contributed by atoms with Crippen LogP contribution in [-0.4, -0.2) is 16.5 Å². The highest BCUT2D eigenvalue weighted by molar-refractivity contribution is 6.29. The van der Waals surface area contributed by atoms with Crippen molar-refractivity contribution in [3.8, 4) is 0 Å². The van der Waals surface area contributed by atoms with Gasteiger partial charge >= 0.3 is 0 Å². The number of aromatic nitrogens is 2. The lowest BCUT2D eigenvalue weighted by molar-refractivity contribution is 0.606. The summed E-state index contributed by atoms with van der Waals surface area (Å²) in [5, 5.41) is 3.85. The Bertz CT molecular complexity index is 361. The number of nitrogens with one attached hydrogen (secondary N) is 1. The number of halogens is 1. The third-order valence-corrected chi connectivity index (χ3v) is 2.88. The fourth-order valence-corrected chi connectivity index (χ4v) is 1.73. The van der Waals surface area contributed by atoms with Crippen LogP contribution in [0.4, 0.5) is 5.82 Å². The van der Waals surface area contributed by atoms with Gasteiger partial charge in [-0.2, -0.15) is 0 Å². The van der Waals surface area contributed by atoms with Crippen molar-refractivity contribution in [1.82, 2.24) is 9.97 Å². The van der Waals surface area contributed by atoms with Gasteiger partial charge in [0.1, 0.15) is 16.8 Å². The van der Waals surface area contributed by atoms with E-state index in [-0.39, 0.29) is 0 Å². The van der Waals surface area contributed by atoms with E-state index in [9.17, 15) is 0 Å². The number of hydrogen-bond acceptors (Lipinski definition) is 3. The minimum atomic E-state index is 0.545. The van der Waals surface area contributed by atoms with Gasteiger partial charge in [-0.1, -0.05) is 25.4 Å². The first-order chi connectivity index (χ1) is 7.65. The van der Waals surface area contributed by atoms with Crippen molar-refractivity contribution in [3.63, 3.8) is 0 Å². The zero-order valence-corrected chi connectivity index (χ0v) is 10.6. The molecule has 0 radical (unpaired) electrons. The summed E-state index contributed by atoms with van der Waals surface area (Å²) in [7, 11) is 0. The van der Waals surface area contributed by atoms with Gasteiger partial charge in [0, 0.05) is 18.5 Å². The first-order valence-electron chi connectivity index (χ1n) is 5.93. The molecule has 1 N–H and O–H groups in total. The third-order valence-electron chi connectivity index (χ3n) is 2.68. The van der Waals surface area contributed by atoms with Crippen molar-refractivity contribution in [3.05, 3.63) is 17.0 Å². The molecule has 1 aromatic heterocycles. The fourth-order valence-electron chi connectivity index (χ4n) is 1.54. The summed E-state index contributed by atoms with van der Waals surface area (Å²) in [4.78, 5) is 8.74. The molecule has 2 rings (SSSR count). The molecule has 0 aliphatic heterocycles. The van der Waals surface area contributed by atoms with Crippen molar-refractivity contribution >= 4 is 17.4 Å². The maximum atomic E-state index is 5.97. The Balaban J connectivity index is 1.97. The van der Waals surface area contributed by atoms with Gasteiger partial charge in [0.15, 0.2) is 0 Å².